The van der Waals surface area contributed by atoms with Gasteiger partial charge in [-0.05, 0) is 18.6 Å². The Bertz CT molecular complexity index is 513. The number of rotatable bonds is 4. The highest BCUT2D eigenvalue weighted by atomic mass is 32.2. The van der Waals surface area contributed by atoms with Crippen LogP contribution < -0.4 is 10.6 Å². The average molecular weight is 268 g/mol. The number of sulfone groups is 1. The van der Waals surface area contributed by atoms with Crippen molar-refractivity contribution in [3.05, 3.63) is 30.3 Å². The van der Waals surface area contributed by atoms with Gasteiger partial charge in [-0.3, -0.25) is 4.79 Å². The second-order valence-electron chi connectivity index (χ2n) is 4.39. The lowest BCUT2D eigenvalue weighted by Crippen LogP contribution is -2.39. The zero-order valence-corrected chi connectivity index (χ0v) is 10.7. The van der Waals surface area contributed by atoms with Crippen molar-refractivity contribution in [3.8, 4) is 0 Å². The minimum absolute atomic E-state index is 0.0596. The van der Waals surface area contributed by atoms with E-state index in [0.717, 1.165) is 5.69 Å². The third-order valence-electron chi connectivity index (χ3n) is 2.82. The van der Waals surface area contributed by atoms with E-state index < -0.39 is 9.84 Å². The molecular weight excluding hydrogens is 252 g/mol. The summed E-state index contributed by atoms with van der Waals surface area (Å²) >= 11 is 0. The maximum absolute atomic E-state index is 11.6. The summed E-state index contributed by atoms with van der Waals surface area (Å²) in [5.74, 6) is 0.0506. The van der Waals surface area contributed by atoms with Crippen LogP contribution >= 0.6 is 0 Å². The number of hydrogen-bond donors (Lipinski definition) is 2. The van der Waals surface area contributed by atoms with Crippen molar-refractivity contribution in [2.24, 2.45) is 0 Å². The molecule has 0 radical (unpaired) electrons. The molecule has 6 heteroatoms. The molecule has 1 atom stereocenters. The summed E-state index contributed by atoms with van der Waals surface area (Å²) in [6.07, 6.45) is 0.513. The predicted molar refractivity (Wildman–Crippen MR) is 70.1 cm³/mol. The number of carbonyl (C=O) groups excluding carboxylic acids is 1. The molecule has 0 aliphatic carbocycles. The molecule has 0 bridgehead atoms. The van der Waals surface area contributed by atoms with Crippen LogP contribution in [0.2, 0.25) is 0 Å². The summed E-state index contributed by atoms with van der Waals surface area (Å²) in [6, 6.07) is 9.16. The van der Waals surface area contributed by atoms with Gasteiger partial charge in [-0.15, -0.1) is 0 Å². The summed E-state index contributed by atoms with van der Waals surface area (Å²) in [7, 11) is -2.94. The van der Waals surface area contributed by atoms with E-state index in [4.69, 9.17) is 0 Å². The Kier molecular flexibility index (Phi) is 3.86. The average Bonchev–Trinajstić information content (AvgIpc) is 2.67. The van der Waals surface area contributed by atoms with Crippen molar-refractivity contribution >= 4 is 21.4 Å². The van der Waals surface area contributed by atoms with E-state index in [-0.39, 0.29) is 30.0 Å². The SMILES string of the molecule is O=C(CNc1ccccc1)N[C@H]1CCS(=O)(=O)C1. The van der Waals surface area contributed by atoms with Gasteiger partial charge in [0, 0.05) is 11.7 Å². The van der Waals surface area contributed by atoms with Crippen LogP contribution in [0.4, 0.5) is 5.69 Å². The molecule has 1 amide bonds. The first-order valence-corrected chi connectivity index (χ1v) is 7.66. The first kappa shape index (κ1) is 12.9. The van der Waals surface area contributed by atoms with E-state index in [9.17, 15) is 13.2 Å². The number of hydrogen-bond acceptors (Lipinski definition) is 4. The number of nitrogens with one attached hydrogen (secondary N) is 2. The number of benzene rings is 1. The van der Waals surface area contributed by atoms with Crippen LogP contribution in [0, 0.1) is 0 Å². The second-order valence-corrected chi connectivity index (χ2v) is 6.62. The van der Waals surface area contributed by atoms with Crippen LogP contribution in [-0.4, -0.2) is 38.4 Å². The molecule has 1 aliphatic rings. The first-order chi connectivity index (χ1) is 8.55. The molecule has 1 fully saturated rings. The fraction of sp³-hybridized carbons (Fsp3) is 0.417. The van der Waals surface area contributed by atoms with Crippen molar-refractivity contribution in [2.45, 2.75) is 12.5 Å². The van der Waals surface area contributed by atoms with E-state index in [2.05, 4.69) is 10.6 Å². The lowest BCUT2D eigenvalue weighted by molar-refractivity contribution is -0.119. The number of para-hydroxylation sites is 1. The maximum Gasteiger partial charge on any atom is 0.239 e. The zero-order valence-electron chi connectivity index (χ0n) is 9.93. The van der Waals surface area contributed by atoms with Crippen molar-refractivity contribution < 1.29 is 13.2 Å². The Morgan fingerprint density at radius 3 is 2.61 bits per heavy atom. The summed E-state index contributed by atoms with van der Waals surface area (Å²) < 4.78 is 22.5. The summed E-state index contributed by atoms with van der Waals surface area (Å²) in [4.78, 5) is 11.6. The van der Waals surface area contributed by atoms with E-state index in [1.165, 1.54) is 0 Å². The highest BCUT2D eigenvalue weighted by Gasteiger charge is 2.28. The fourth-order valence-corrected chi connectivity index (χ4v) is 3.60. The summed E-state index contributed by atoms with van der Waals surface area (Å²) in [5, 5.41) is 5.70. The molecule has 1 saturated heterocycles. The highest BCUT2D eigenvalue weighted by Crippen LogP contribution is 2.11. The standard InChI is InChI=1S/C12H16N2O3S/c15-12(8-13-10-4-2-1-3-5-10)14-11-6-7-18(16,17)9-11/h1-5,11,13H,6-9H2,(H,14,15)/t11-/m0/s1. The minimum atomic E-state index is -2.94. The fourth-order valence-electron chi connectivity index (χ4n) is 1.93. The predicted octanol–water partition coefficient (Wildman–Crippen LogP) is 0.402. The van der Waals surface area contributed by atoms with Gasteiger partial charge >= 0.3 is 0 Å². The molecule has 1 aromatic carbocycles. The van der Waals surface area contributed by atoms with Crippen LogP contribution in [0.1, 0.15) is 6.42 Å². The quantitative estimate of drug-likeness (QED) is 0.829. The van der Waals surface area contributed by atoms with Crippen LogP contribution in [0.3, 0.4) is 0 Å². The van der Waals surface area contributed by atoms with Gasteiger partial charge in [0.15, 0.2) is 9.84 Å². The van der Waals surface area contributed by atoms with Gasteiger partial charge in [0.2, 0.25) is 5.91 Å². The smallest absolute Gasteiger partial charge is 0.239 e. The Morgan fingerprint density at radius 1 is 1.28 bits per heavy atom. The minimum Gasteiger partial charge on any atom is -0.376 e. The van der Waals surface area contributed by atoms with Crippen molar-refractivity contribution in [1.82, 2.24) is 5.32 Å². The Balaban J connectivity index is 1.76. The maximum atomic E-state index is 11.6. The van der Waals surface area contributed by atoms with Crippen LogP contribution in [0.25, 0.3) is 0 Å². The third kappa shape index (κ3) is 3.73. The van der Waals surface area contributed by atoms with Gasteiger partial charge in [0.25, 0.3) is 0 Å². The molecule has 0 saturated carbocycles. The Labute approximate surface area is 107 Å². The molecule has 18 heavy (non-hydrogen) atoms. The van der Waals surface area contributed by atoms with Gasteiger partial charge in [0.05, 0.1) is 18.1 Å². The molecule has 0 unspecified atom stereocenters. The van der Waals surface area contributed by atoms with Crippen LogP contribution in [-0.2, 0) is 14.6 Å². The molecule has 0 spiro atoms. The van der Waals surface area contributed by atoms with Crippen molar-refractivity contribution in [3.63, 3.8) is 0 Å². The first-order valence-electron chi connectivity index (χ1n) is 5.84. The molecule has 0 aromatic heterocycles. The lowest BCUT2D eigenvalue weighted by Gasteiger charge is -2.11. The second kappa shape index (κ2) is 5.39. The monoisotopic (exact) mass is 268 g/mol. The molecule has 98 valence electrons. The van der Waals surface area contributed by atoms with Crippen molar-refractivity contribution in [2.75, 3.05) is 23.4 Å². The number of amides is 1. The molecular formula is C12H16N2O3S. The van der Waals surface area contributed by atoms with Gasteiger partial charge in [0.1, 0.15) is 0 Å². The van der Waals surface area contributed by atoms with Gasteiger partial charge in [-0.1, -0.05) is 18.2 Å². The number of anilines is 1. The molecule has 1 aliphatic heterocycles. The molecule has 1 aromatic rings. The van der Waals surface area contributed by atoms with Crippen LogP contribution in [0.5, 0.6) is 0 Å². The summed E-state index contributed by atoms with van der Waals surface area (Å²) in [5.41, 5.74) is 0.867. The van der Waals surface area contributed by atoms with Crippen LogP contribution in [0.15, 0.2) is 30.3 Å². The van der Waals surface area contributed by atoms with E-state index in [1.807, 2.05) is 30.3 Å². The Hall–Kier alpha value is -1.56. The lowest BCUT2D eigenvalue weighted by atomic mass is 10.2. The molecule has 5 nitrogen and oxygen atoms in total. The largest absolute Gasteiger partial charge is 0.376 e. The normalized spacial score (nSPS) is 21.4. The van der Waals surface area contributed by atoms with Crippen molar-refractivity contribution in [1.29, 1.82) is 0 Å². The zero-order chi connectivity index (χ0) is 13.0. The molecule has 1 heterocycles. The van der Waals surface area contributed by atoms with E-state index in [0.29, 0.717) is 6.42 Å². The van der Waals surface area contributed by atoms with E-state index >= 15 is 0 Å². The topological polar surface area (TPSA) is 75.3 Å². The number of carbonyl (C=O) groups is 1. The molecule has 2 N–H and O–H groups in total. The van der Waals surface area contributed by atoms with Gasteiger partial charge in [-0.25, -0.2) is 8.42 Å². The summed E-state index contributed by atoms with van der Waals surface area (Å²) in [6.45, 7) is 0.153. The third-order valence-corrected chi connectivity index (χ3v) is 4.59. The van der Waals surface area contributed by atoms with E-state index in [1.54, 1.807) is 0 Å². The highest BCUT2D eigenvalue weighted by molar-refractivity contribution is 7.91. The van der Waals surface area contributed by atoms with Gasteiger partial charge < -0.3 is 10.6 Å². The molecule has 2 rings (SSSR count). The van der Waals surface area contributed by atoms with Gasteiger partial charge in [-0.2, -0.15) is 0 Å². The Morgan fingerprint density at radius 2 is 2.00 bits per heavy atom.